The van der Waals surface area contributed by atoms with Gasteiger partial charge in [-0.15, -0.1) is 0 Å². The summed E-state index contributed by atoms with van der Waals surface area (Å²) in [6.45, 7) is 26.7. The standard InChI is InChI=1S/C35H58O4/c1-11-15-36-27-19-24-25(20-28(27)37-16-12-2)35(22-32(24,5)6)23-33(7,8)30-26(35)21-29(38-17-13-3)31(34(30,9)10)39-18-14-4/h19-20,26,29-31H,11-18,21-23H2,1-10H3. The Morgan fingerprint density at radius 3 is 1.79 bits per heavy atom. The average Bonchev–Trinajstić information content (AvgIpc) is 3.23. The van der Waals surface area contributed by atoms with Crippen LogP contribution in [0.3, 0.4) is 0 Å². The average molecular weight is 543 g/mol. The molecule has 0 aliphatic heterocycles. The van der Waals surface area contributed by atoms with Crippen molar-refractivity contribution < 1.29 is 18.9 Å². The van der Waals surface area contributed by atoms with Gasteiger partial charge < -0.3 is 18.9 Å². The number of benzene rings is 1. The zero-order valence-corrected chi connectivity index (χ0v) is 26.9. The molecule has 1 aromatic rings. The summed E-state index contributed by atoms with van der Waals surface area (Å²) in [5.74, 6) is 2.93. The van der Waals surface area contributed by atoms with E-state index >= 15 is 0 Å². The molecule has 0 amide bonds. The third kappa shape index (κ3) is 5.39. The summed E-state index contributed by atoms with van der Waals surface area (Å²) in [6.07, 6.45) is 7.75. The van der Waals surface area contributed by atoms with Crippen LogP contribution in [0.25, 0.3) is 0 Å². The molecule has 0 radical (unpaired) electrons. The van der Waals surface area contributed by atoms with Gasteiger partial charge in [-0.25, -0.2) is 0 Å². The minimum Gasteiger partial charge on any atom is -0.490 e. The van der Waals surface area contributed by atoms with Crippen molar-refractivity contribution in [1.82, 2.24) is 0 Å². The first-order valence-electron chi connectivity index (χ1n) is 16.1. The van der Waals surface area contributed by atoms with Crippen molar-refractivity contribution in [3.8, 4) is 11.5 Å². The lowest BCUT2D eigenvalue weighted by molar-refractivity contribution is -0.190. The fourth-order valence-electron chi connectivity index (χ4n) is 9.48. The highest BCUT2D eigenvalue weighted by Crippen LogP contribution is 2.72. The molecule has 222 valence electrons. The van der Waals surface area contributed by atoms with Gasteiger partial charge in [0.2, 0.25) is 0 Å². The molecule has 1 aromatic carbocycles. The van der Waals surface area contributed by atoms with Crippen molar-refractivity contribution in [2.45, 2.75) is 137 Å². The van der Waals surface area contributed by atoms with Crippen molar-refractivity contribution in [2.75, 3.05) is 26.4 Å². The highest BCUT2D eigenvalue weighted by atomic mass is 16.5. The molecule has 39 heavy (non-hydrogen) atoms. The van der Waals surface area contributed by atoms with Crippen LogP contribution in [-0.4, -0.2) is 38.6 Å². The largest absolute Gasteiger partial charge is 0.490 e. The van der Waals surface area contributed by atoms with Crippen LogP contribution in [0.15, 0.2) is 12.1 Å². The number of fused-ring (bicyclic) bond motifs is 4. The summed E-state index contributed by atoms with van der Waals surface area (Å²) in [5, 5.41) is 0. The number of hydrogen-bond acceptors (Lipinski definition) is 4. The smallest absolute Gasteiger partial charge is 0.161 e. The lowest BCUT2D eigenvalue weighted by atomic mass is 9.54. The minimum atomic E-state index is 0.0160. The Balaban J connectivity index is 1.85. The van der Waals surface area contributed by atoms with E-state index in [2.05, 4.69) is 81.4 Å². The van der Waals surface area contributed by atoms with Crippen molar-refractivity contribution in [1.29, 1.82) is 0 Å². The molecule has 2 fully saturated rings. The van der Waals surface area contributed by atoms with E-state index in [1.54, 1.807) is 0 Å². The molecule has 4 rings (SSSR count). The van der Waals surface area contributed by atoms with Crippen LogP contribution in [0.1, 0.15) is 125 Å². The van der Waals surface area contributed by atoms with Gasteiger partial charge in [-0.2, -0.15) is 0 Å². The summed E-state index contributed by atoms with van der Waals surface area (Å²) < 4.78 is 26.0. The van der Waals surface area contributed by atoms with E-state index < -0.39 is 0 Å². The molecule has 0 aromatic heterocycles. The Kier molecular flexibility index (Phi) is 9.09. The maximum Gasteiger partial charge on any atom is 0.161 e. The second-order valence-electron chi connectivity index (χ2n) is 14.8. The summed E-state index contributed by atoms with van der Waals surface area (Å²) in [5.41, 5.74) is 3.36. The number of hydrogen-bond donors (Lipinski definition) is 0. The number of rotatable bonds is 12. The van der Waals surface area contributed by atoms with Crippen molar-refractivity contribution >= 4 is 0 Å². The zero-order chi connectivity index (χ0) is 28.6. The van der Waals surface area contributed by atoms with Crippen LogP contribution in [0.5, 0.6) is 11.5 Å². The molecule has 1 spiro atoms. The third-order valence-electron chi connectivity index (χ3n) is 10.2. The van der Waals surface area contributed by atoms with Crippen LogP contribution >= 0.6 is 0 Å². The predicted octanol–water partition coefficient (Wildman–Crippen LogP) is 8.87. The first-order valence-corrected chi connectivity index (χ1v) is 16.1. The fourth-order valence-corrected chi connectivity index (χ4v) is 9.48. The van der Waals surface area contributed by atoms with Gasteiger partial charge >= 0.3 is 0 Å². The molecular weight excluding hydrogens is 484 g/mol. The third-order valence-corrected chi connectivity index (χ3v) is 10.2. The summed E-state index contributed by atoms with van der Waals surface area (Å²) in [6, 6.07) is 4.75. The van der Waals surface area contributed by atoms with E-state index in [9.17, 15) is 0 Å². The van der Waals surface area contributed by atoms with Crippen LogP contribution in [-0.2, 0) is 20.3 Å². The maximum atomic E-state index is 6.68. The van der Waals surface area contributed by atoms with Crippen molar-refractivity contribution in [3.63, 3.8) is 0 Å². The summed E-state index contributed by atoms with van der Waals surface area (Å²) >= 11 is 0. The van der Waals surface area contributed by atoms with Crippen LogP contribution in [0.4, 0.5) is 0 Å². The van der Waals surface area contributed by atoms with E-state index in [4.69, 9.17) is 18.9 Å². The summed E-state index contributed by atoms with van der Waals surface area (Å²) in [4.78, 5) is 0. The van der Waals surface area contributed by atoms with Crippen molar-refractivity contribution in [3.05, 3.63) is 23.3 Å². The fraction of sp³-hybridized carbons (Fsp3) is 0.829. The van der Waals surface area contributed by atoms with Gasteiger partial charge in [0.1, 0.15) is 0 Å². The van der Waals surface area contributed by atoms with Gasteiger partial charge in [-0.1, -0.05) is 69.2 Å². The second kappa shape index (κ2) is 11.6. The van der Waals surface area contributed by atoms with E-state index in [1.165, 1.54) is 24.0 Å². The molecule has 5 atom stereocenters. The molecule has 3 aliphatic carbocycles. The Bertz CT molecular complexity index is 979. The first-order chi connectivity index (χ1) is 18.4. The van der Waals surface area contributed by atoms with Crippen LogP contribution in [0, 0.1) is 22.7 Å². The Hall–Kier alpha value is -1.26. The van der Waals surface area contributed by atoms with Gasteiger partial charge in [0.05, 0.1) is 25.4 Å². The molecule has 4 heteroatoms. The van der Waals surface area contributed by atoms with Gasteiger partial charge in [-0.05, 0) is 96.3 Å². The Morgan fingerprint density at radius 1 is 0.692 bits per heavy atom. The van der Waals surface area contributed by atoms with Gasteiger partial charge in [0.25, 0.3) is 0 Å². The maximum absolute atomic E-state index is 6.68. The van der Waals surface area contributed by atoms with E-state index in [1.807, 2.05) is 0 Å². The van der Waals surface area contributed by atoms with Crippen LogP contribution in [0.2, 0.25) is 0 Å². The van der Waals surface area contributed by atoms with Gasteiger partial charge in [-0.3, -0.25) is 0 Å². The summed E-state index contributed by atoms with van der Waals surface area (Å²) in [7, 11) is 0. The van der Waals surface area contributed by atoms with E-state index in [-0.39, 0.29) is 33.9 Å². The Labute approximate surface area is 239 Å². The normalized spacial score (nSPS) is 31.7. The zero-order valence-electron chi connectivity index (χ0n) is 26.9. The molecular formula is C35H58O4. The second-order valence-corrected chi connectivity index (χ2v) is 14.8. The van der Waals surface area contributed by atoms with Gasteiger partial charge in [0, 0.05) is 18.6 Å². The SMILES string of the molecule is CCCOc1cc2c(cc1OCCC)C1(CC2(C)C)CC(C)(C)C2C1CC(OCCC)C(OCCC)C2(C)C. The molecule has 2 saturated carbocycles. The lowest BCUT2D eigenvalue weighted by Gasteiger charge is -2.55. The van der Waals surface area contributed by atoms with Crippen LogP contribution < -0.4 is 9.47 Å². The first kappa shape index (κ1) is 30.7. The quantitative estimate of drug-likeness (QED) is 0.264. The topological polar surface area (TPSA) is 36.9 Å². The molecule has 3 aliphatic rings. The lowest BCUT2D eigenvalue weighted by Crippen LogP contribution is -2.57. The molecule has 0 N–H and O–H groups in total. The molecule has 0 saturated heterocycles. The minimum absolute atomic E-state index is 0.0160. The molecule has 0 bridgehead atoms. The molecule has 0 heterocycles. The van der Waals surface area contributed by atoms with Crippen molar-refractivity contribution in [2.24, 2.45) is 22.7 Å². The van der Waals surface area contributed by atoms with E-state index in [0.29, 0.717) is 25.0 Å². The highest BCUT2D eigenvalue weighted by molar-refractivity contribution is 5.57. The van der Waals surface area contributed by atoms with Gasteiger partial charge in [0.15, 0.2) is 11.5 Å². The molecule has 5 unspecified atom stereocenters. The predicted molar refractivity (Wildman–Crippen MR) is 161 cm³/mol. The Morgan fingerprint density at radius 2 is 1.23 bits per heavy atom. The molecule has 4 nitrogen and oxygen atoms in total. The number of ether oxygens (including phenoxy) is 4. The highest BCUT2D eigenvalue weighted by Gasteiger charge is 2.69. The van der Waals surface area contributed by atoms with E-state index in [0.717, 1.165) is 56.8 Å². The monoisotopic (exact) mass is 542 g/mol.